The minimum absolute atomic E-state index is 0.333. The van der Waals surface area contributed by atoms with Crippen LogP contribution in [0.25, 0.3) is 0 Å². The third-order valence-electron chi connectivity index (χ3n) is 2.44. The molecule has 1 aromatic carbocycles. The van der Waals surface area contributed by atoms with Gasteiger partial charge in [-0.2, -0.15) is 0 Å². The zero-order chi connectivity index (χ0) is 12.4. The molecule has 0 fully saturated rings. The van der Waals surface area contributed by atoms with Crippen LogP contribution in [-0.2, 0) is 6.54 Å². The molecule has 0 spiro atoms. The van der Waals surface area contributed by atoms with Crippen LogP contribution in [0, 0.1) is 25.5 Å². The Labute approximate surface area is 97.5 Å². The van der Waals surface area contributed by atoms with Gasteiger partial charge in [-0.25, -0.2) is 13.8 Å². The van der Waals surface area contributed by atoms with E-state index < -0.39 is 11.6 Å². The molecular weight excluding hydrogens is 226 g/mol. The number of oxazole rings is 1. The van der Waals surface area contributed by atoms with Crippen LogP contribution in [0.1, 0.15) is 17.3 Å². The molecule has 0 aliphatic rings. The second kappa shape index (κ2) is 4.53. The predicted octanol–water partition coefficient (Wildman–Crippen LogP) is 3.18. The van der Waals surface area contributed by atoms with Gasteiger partial charge in [0.15, 0.2) is 11.6 Å². The quantitative estimate of drug-likeness (QED) is 0.892. The van der Waals surface area contributed by atoms with Crippen molar-refractivity contribution in [1.29, 1.82) is 0 Å². The number of hydrogen-bond acceptors (Lipinski definition) is 3. The Kier molecular flexibility index (Phi) is 3.08. The summed E-state index contributed by atoms with van der Waals surface area (Å²) in [5.74, 6) is -0.468. The van der Waals surface area contributed by atoms with Crippen molar-refractivity contribution in [3.63, 3.8) is 0 Å². The van der Waals surface area contributed by atoms with Gasteiger partial charge in [-0.15, -0.1) is 0 Å². The van der Waals surface area contributed by atoms with Crippen LogP contribution in [0.15, 0.2) is 22.6 Å². The van der Waals surface area contributed by atoms with Gasteiger partial charge in [-0.3, -0.25) is 0 Å². The molecule has 90 valence electrons. The summed E-state index contributed by atoms with van der Waals surface area (Å²) in [5, 5.41) is 2.91. The molecule has 0 saturated heterocycles. The maximum Gasteiger partial charge on any atom is 0.213 e. The Morgan fingerprint density at radius 1 is 1.24 bits per heavy atom. The first-order valence-corrected chi connectivity index (χ1v) is 5.18. The molecule has 0 aliphatic carbocycles. The van der Waals surface area contributed by atoms with Crippen LogP contribution in [0.4, 0.5) is 14.5 Å². The third-order valence-corrected chi connectivity index (χ3v) is 2.44. The molecule has 0 amide bonds. The van der Waals surface area contributed by atoms with E-state index in [0.717, 1.165) is 23.6 Å². The van der Waals surface area contributed by atoms with Gasteiger partial charge in [0.2, 0.25) is 5.89 Å². The molecule has 2 aromatic rings. The van der Waals surface area contributed by atoms with E-state index in [9.17, 15) is 8.78 Å². The number of nitrogens with one attached hydrogen (secondary N) is 1. The smallest absolute Gasteiger partial charge is 0.213 e. The third kappa shape index (κ3) is 2.61. The molecular formula is C12H12F2N2O. The van der Waals surface area contributed by atoms with Gasteiger partial charge in [0.25, 0.3) is 0 Å². The Morgan fingerprint density at radius 2 is 2.00 bits per heavy atom. The fourth-order valence-electron chi connectivity index (χ4n) is 1.40. The van der Waals surface area contributed by atoms with Gasteiger partial charge in [0.1, 0.15) is 5.76 Å². The Morgan fingerprint density at radius 3 is 2.59 bits per heavy atom. The number of hydrogen-bond donors (Lipinski definition) is 1. The summed E-state index contributed by atoms with van der Waals surface area (Å²) in [6.07, 6.45) is 0. The summed E-state index contributed by atoms with van der Waals surface area (Å²) < 4.78 is 31.0. The molecule has 1 heterocycles. The average molecular weight is 238 g/mol. The zero-order valence-electron chi connectivity index (χ0n) is 9.55. The summed E-state index contributed by atoms with van der Waals surface area (Å²) in [7, 11) is 0. The van der Waals surface area contributed by atoms with E-state index in [0.29, 0.717) is 18.1 Å². The molecule has 5 heteroatoms. The second-order valence-electron chi connectivity index (χ2n) is 3.73. The minimum atomic E-state index is -0.880. The summed E-state index contributed by atoms with van der Waals surface area (Å²) in [6.45, 7) is 4.00. The number of nitrogens with zero attached hydrogens (tertiary/aromatic N) is 1. The van der Waals surface area contributed by atoms with Crippen LogP contribution >= 0.6 is 0 Å². The van der Waals surface area contributed by atoms with E-state index in [1.54, 1.807) is 0 Å². The van der Waals surface area contributed by atoms with Gasteiger partial charge in [-0.1, -0.05) is 0 Å². The van der Waals surface area contributed by atoms with Gasteiger partial charge >= 0.3 is 0 Å². The first kappa shape index (κ1) is 11.6. The van der Waals surface area contributed by atoms with E-state index in [1.165, 1.54) is 6.07 Å². The molecule has 0 radical (unpaired) electrons. The van der Waals surface area contributed by atoms with E-state index in [1.807, 2.05) is 13.8 Å². The van der Waals surface area contributed by atoms with Crippen molar-refractivity contribution in [2.24, 2.45) is 0 Å². The molecule has 0 unspecified atom stereocenters. The van der Waals surface area contributed by atoms with Crippen LogP contribution in [0.3, 0.4) is 0 Å². The van der Waals surface area contributed by atoms with E-state index in [4.69, 9.17) is 4.42 Å². The first-order valence-electron chi connectivity index (χ1n) is 5.18. The first-order chi connectivity index (χ1) is 8.06. The van der Waals surface area contributed by atoms with Gasteiger partial charge in [0.05, 0.1) is 12.2 Å². The highest BCUT2D eigenvalue weighted by molar-refractivity contribution is 5.43. The van der Waals surface area contributed by atoms with Crippen molar-refractivity contribution in [3.05, 3.63) is 47.2 Å². The van der Waals surface area contributed by atoms with Crippen molar-refractivity contribution < 1.29 is 13.2 Å². The summed E-state index contributed by atoms with van der Waals surface area (Å²) in [6, 6.07) is 3.63. The summed E-state index contributed by atoms with van der Waals surface area (Å²) in [5.41, 5.74) is 1.31. The Hall–Kier alpha value is -1.91. The maximum absolute atomic E-state index is 12.9. The topological polar surface area (TPSA) is 38.1 Å². The number of anilines is 1. The molecule has 1 aromatic heterocycles. The Bertz CT molecular complexity index is 518. The van der Waals surface area contributed by atoms with Crippen LogP contribution in [-0.4, -0.2) is 4.98 Å². The SMILES string of the molecule is Cc1nc(CNc2ccc(F)c(F)c2)oc1C. The molecule has 17 heavy (non-hydrogen) atoms. The standard InChI is InChI=1S/C12H12F2N2O/c1-7-8(2)17-12(16-7)6-15-9-3-4-10(13)11(14)5-9/h3-5,15H,6H2,1-2H3. The second-order valence-corrected chi connectivity index (χ2v) is 3.73. The highest BCUT2D eigenvalue weighted by Crippen LogP contribution is 2.15. The van der Waals surface area contributed by atoms with Gasteiger partial charge in [-0.05, 0) is 26.0 Å². The van der Waals surface area contributed by atoms with E-state index >= 15 is 0 Å². The summed E-state index contributed by atoms with van der Waals surface area (Å²) in [4.78, 5) is 4.17. The number of rotatable bonds is 3. The molecule has 0 atom stereocenters. The molecule has 1 N–H and O–H groups in total. The normalized spacial score (nSPS) is 10.6. The highest BCUT2D eigenvalue weighted by atomic mass is 19.2. The van der Waals surface area contributed by atoms with Crippen molar-refractivity contribution in [2.75, 3.05) is 5.32 Å². The number of aromatic nitrogens is 1. The predicted molar refractivity (Wildman–Crippen MR) is 59.7 cm³/mol. The fraction of sp³-hybridized carbons (Fsp3) is 0.250. The van der Waals surface area contributed by atoms with Crippen molar-refractivity contribution in [1.82, 2.24) is 4.98 Å². The lowest BCUT2D eigenvalue weighted by Crippen LogP contribution is -2.00. The Balaban J connectivity index is 2.04. The maximum atomic E-state index is 12.9. The lowest BCUT2D eigenvalue weighted by molar-refractivity contribution is 0.478. The lowest BCUT2D eigenvalue weighted by Gasteiger charge is -2.03. The summed E-state index contributed by atoms with van der Waals surface area (Å²) >= 11 is 0. The average Bonchev–Trinajstić information content (AvgIpc) is 2.60. The molecule has 2 rings (SSSR count). The largest absolute Gasteiger partial charge is 0.444 e. The zero-order valence-corrected chi connectivity index (χ0v) is 9.55. The monoisotopic (exact) mass is 238 g/mol. The van der Waals surface area contributed by atoms with Crippen LogP contribution in [0.5, 0.6) is 0 Å². The highest BCUT2D eigenvalue weighted by Gasteiger charge is 2.06. The number of halogens is 2. The minimum Gasteiger partial charge on any atom is -0.444 e. The molecule has 3 nitrogen and oxygen atoms in total. The van der Waals surface area contributed by atoms with Gasteiger partial charge < -0.3 is 9.73 Å². The van der Waals surface area contributed by atoms with E-state index in [2.05, 4.69) is 10.3 Å². The molecule has 0 aliphatic heterocycles. The van der Waals surface area contributed by atoms with Crippen LogP contribution in [0.2, 0.25) is 0 Å². The number of aryl methyl sites for hydroxylation is 2. The lowest BCUT2D eigenvalue weighted by atomic mass is 10.3. The number of benzene rings is 1. The van der Waals surface area contributed by atoms with Crippen molar-refractivity contribution in [3.8, 4) is 0 Å². The fourth-order valence-corrected chi connectivity index (χ4v) is 1.40. The van der Waals surface area contributed by atoms with E-state index in [-0.39, 0.29) is 0 Å². The van der Waals surface area contributed by atoms with Crippen molar-refractivity contribution >= 4 is 5.69 Å². The molecule has 0 bridgehead atoms. The molecule has 0 saturated carbocycles. The van der Waals surface area contributed by atoms with Gasteiger partial charge in [0, 0.05) is 11.8 Å². The van der Waals surface area contributed by atoms with Crippen molar-refractivity contribution in [2.45, 2.75) is 20.4 Å². The van der Waals surface area contributed by atoms with Crippen LogP contribution < -0.4 is 5.32 Å².